The van der Waals surface area contributed by atoms with Crippen LogP contribution >= 0.6 is 0 Å². The molecule has 0 heterocycles. The number of esters is 1. The Hall–Kier alpha value is -1.95. The van der Waals surface area contributed by atoms with E-state index in [-0.39, 0.29) is 5.75 Å². The highest BCUT2D eigenvalue weighted by Gasteiger charge is 2.45. The molecule has 0 fully saturated rings. The number of primary amides is 1. The van der Waals surface area contributed by atoms with E-state index in [4.69, 9.17) is 16.2 Å². The van der Waals surface area contributed by atoms with Gasteiger partial charge in [-0.2, -0.15) is 0 Å². The summed E-state index contributed by atoms with van der Waals surface area (Å²) in [5.41, 5.74) is 8.90. The van der Waals surface area contributed by atoms with Gasteiger partial charge in [-0.3, -0.25) is 4.79 Å². The highest BCUT2D eigenvalue weighted by molar-refractivity contribution is 6.07. The number of benzene rings is 1. The van der Waals surface area contributed by atoms with Crippen LogP contribution < -0.4 is 16.2 Å². The molecule has 1 rings (SSSR count). The van der Waals surface area contributed by atoms with Crippen molar-refractivity contribution in [3.63, 3.8) is 0 Å². The molecule has 0 radical (unpaired) electrons. The largest absolute Gasteiger partial charge is 0.425 e. The molecule has 0 spiro atoms. The Morgan fingerprint density at radius 3 is 2.17 bits per heavy atom. The van der Waals surface area contributed by atoms with Crippen molar-refractivity contribution in [1.82, 2.24) is 0 Å². The van der Waals surface area contributed by atoms with E-state index in [0.29, 0.717) is 0 Å². The third kappa shape index (κ3) is 2.65. The second-order valence-corrected chi connectivity index (χ2v) is 4.23. The molecule has 0 aromatic heterocycles. The van der Waals surface area contributed by atoms with E-state index >= 15 is 0 Å². The summed E-state index contributed by atoms with van der Waals surface area (Å²) >= 11 is 0. The summed E-state index contributed by atoms with van der Waals surface area (Å²) in [6.45, 7) is 3.16. The topological polar surface area (TPSA) is 95.4 Å². The number of rotatable bonds is 4. The number of ether oxygens (including phenoxy) is 1. The molecule has 98 valence electrons. The molecule has 0 saturated carbocycles. The molecule has 1 aromatic carbocycles. The average molecular weight is 254 g/mol. The lowest BCUT2D eigenvalue weighted by Crippen LogP contribution is -2.63. The normalized spacial score (nSPS) is 14.1. The van der Waals surface area contributed by atoms with Gasteiger partial charge in [0.15, 0.2) is 5.54 Å². The van der Waals surface area contributed by atoms with E-state index in [9.17, 15) is 14.0 Å². The summed E-state index contributed by atoms with van der Waals surface area (Å²) in [4.78, 5) is 23.1. The van der Waals surface area contributed by atoms with Crippen molar-refractivity contribution in [2.45, 2.75) is 19.4 Å². The molecule has 0 unspecified atom stereocenters. The quantitative estimate of drug-likeness (QED) is 0.466. The fourth-order valence-electron chi connectivity index (χ4n) is 1.31. The van der Waals surface area contributed by atoms with Crippen LogP contribution in [-0.2, 0) is 9.59 Å². The Morgan fingerprint density at radius 1 is 1.28 bits per heavy atom. The van der Waals surface area contributed by atoms with Gasteiger partial charge in [-0.05, 0) is 30.2 Å². The first-order valence-corrected chi connectivity index (χ1v) is 5.35. The minimum atomic E-state index is -1.91. The van der Waals surface area contributed by atoms with Crippen LogP contribution in [0, 0.1) is 11.7 Å². The first-order valence-electron chi connectivity index (χ1n) is 5.35. The molecule has 4 N–H and O–H groups in total. The number of nitrogens with two attached hydrogens (primary N) is 2. The van der Waals surface area contributed by atoms with Gasteiger partial charge in [0.2, 0.25) is 5.91 Å². The Labute approximate surface area is 104 Å². The number of carbonyl (C=O) groups is 2. The molecule has 0 saturated heterocycles. The monoisotopic (exact) mass is 254 g/mol. The summed E-state index contributed by atoms with van der Waals surface area (Å²) in [6, 6.07) is 4.77. The Bertz CT molecular complexity index is 459. The maximum atomic E-state index is 12.7. The molecule has 1 atom stereocenters. The zero-order valence-corrected chi connectivity index (χ0v) is 10.1. The number of hydrogen-bond donors (Lipinski definition) is 2. The molecular weight excluding hydrogens is 239 g/mol. The van der Waals surface area contributed by atoms with Crippen molar-refractivity contribution in [3.05, 3.63) is 30.1 Å². The summed E-state index contributed by atoms with van der Waals surface area (Å²) in [5, 5.41) is 0. The summed E-state index contributed by atoms with van der Waals surface area (Å²) in [5.74, 6) is -2.82. The van der Waals surface area contributed by atoms with Gasteiger partial charge in [-0.25, -0.2) is 9.18 Å². The Morgan fingerprint density at radius 2 is 1.78 bits per heavy atom. The molecule has 18 heavy (non-hydrogen) atoms. The van der Waals surface area contributed by atoms with Crippen molar-refractivity contribution in [3.8, 4) is 5.75 Å². The van der Waals surface area contributed by atoms with E-state index in [0.717, 1.165) is 12.1 Å². The number of carbonyl (C=O) groups excluding carboxylic acids is 2. The standard InChI is InChI=1S/C12H15FN2O3/c1-7(2)12(15,10(14)16)11(17)18-9-5-3-8(13)4-6-9/h3-7H,15H2,1-2H3,(H2,14,16)/t12-/m0/s1. The summed E-state index contributed by atoms with van der Waals surface area (Å²) in [6.07, 6.45) is 0. The molecule has 0 aliphatic carbocycles. The summed E-state index contributed by atoms with van der Waals surface area (Å²) in [7, 11) is 0. The minimum absolute atomic E-state index is 0.0955. The lowest BCUT2D eigenvalue weighted by Gasteiger charge is -2.27. The van der Waals surface area contributed by atoms with Crippen molar-refractivity contribution < 1.29 is 18.7 Å². The first-order chi connectivity index (χ1) is 8.28. The zero-order valence-electron chi connectivity index (χ0n) is 10.1. The van der Waals surface area contributed by atoms with Crippen LogP contribution in [0.25, 0.3) is 0 Å². The van der Waals surface area contributed by atoms with Crippen LogP contribution in [0.3, 0.4) is 0 Å². The van der Waals surface area contributed by atoms with Gasteiger partial charge >= 0.3 is 5.97 Å². The van der Waals surface area contributed by atoms with Crippen LogP contribution in [-0.4, -0.2) is 17.4 Å². The van der Waals surface area contributed by atoms with Crippen LogP contribution in [0.15, 0.2) is 24.3 Å². The maximum Gasteiger partial charge on any atom is 0.341 e. The van der Waals surface area contributed by atoms with Gasteiger partial charge in [-0.15, -0.1) is 0 Å². The number of halogens is 1. The summed E-state index contributed by atoms with van der Waals surface area (Å²) < 4.78 is 17.6. The van der Waals surface area contributed by atoms with Crippen LogP contribution in [0.1, 0.15) is 13.8 Å². The van der Waals surface area contributed by atoms with E-state index in [2.05, 4.69) is 0 Å². The van der Waals surface area contributed by atoms with E-state index < -0.39 is 29.2 Å². The van der Waals surface area contributed by atoms with Crippen LogP contribution in [0.5, 0.6) is 5.75 Å². The van der Waals surface area contributed by atoms with E-state index in [1.807, 2.05) is 0 Å². The second-order valence-electron chi connectivity index (χ2n) is 4.23. The maximum absolute atomic E-state index is 12.7. The molecule has 6 heteroatoms. The van der Waals surface area contributed by atoms with Gasteiger partial charge in [-0.1, -0.05) is 13.8 Å². The molecule has 0 aliphatic rings. The number of amides is 1. The Balaban J connectivity index is 2.93. The zero-order chi connectivity index (χ0) is 13.9. The average Bonchev–Trinajstić information content (AvgIpc) is 2.30. The predicted molar refractivity (Wildman–Crippen MR) is 63.0 cm³/mol. The van der Waals surface area contributed by atoms with Crippen LogP contribution in [0.2, 0.25) is 0 Å². The molecule has 5 nitrogen and oxygen atoms in total. The second kappa shape index (κ2) is 5.14. The van der Waals surface area contributed by atoms with Gasteiger partial charge in [0.25, 0.3) is 0 Å². The van der Waals surface area contributed by atoms with Crippen molar-refractivity contribution in [2.75, 3.05) is 0 Å². The van der Waals surface area contributed by atoms with E-state index in [1.165, 1.54) is 12.1 Å². The Kier molecular flexibility index (Phi) is 4.03. The number of hydrogen-bond acceptors (Lipinski definition) is 4. The smallest absolute Gasteiger partial charge is 0.341 e. The van der Waals surface area contributed by atoms with Gasteiger partial charge < -0.3 is 16.2 Å². The lowest BCUT2D eigenvalue weighted by atomic mass is 9.87. The van der Waals surface area contributed by atoms with Crippen molar-refractivity contribution in [2.24, 2.45) is 17.4 Å². The highest BCUT2D eigenvalue weighted by Crippen LogP contribution is 2.19. The highest BCUT2D eigenvalue weighted by atomic mass is 19.1. The van der Waals surface area contributed by atoms with Gasteiger partial charge in [0, 0.05) is 0 Å². The molecule has 1 aromatic rings. The third-order valence-electron chi connectivity index (χ3n) is 2.68. The van der Waals surface area contributed by atoms with Gasteiger partial charge in [0.1, 0.15) is 11.6 Å². The predicted octanol–water partition coefficient (Wildman–Crippen LogP) is 0.570. The molecule has 0 aliphatic heterocycles. The lowest BCUT2D eigenvalue weighted by molar-refractivity contribution is -0.147. The van der Waals surface area contributed by atoms with Crippen molar-refractivity contribution in [1.29, 1.82) is 0 Å². The van der Waals surface area contributed by atoms with Crippen LogP contribution in [0.4, 0.5) is 4.39 Å². The van der Waals surface area contributed by atoms with Gasteiger partial charge in [0.05, 0.1) is 0 Å². The first kappa shape index (κ1) is 14.1. The van der Waals surface area contributed by atoms with E-state index in [1.54, 1.807) is 13.8 Å². The molecule has 0 bridgehead atoms. The fraction of sp³-hybridized carbons (Fsp3) is 0.333. The minimum Gasteiger partial charge on any atom is -0.425 e. The third-order valence-corrected chi connectivity index (χ3v) is 2.68. The SMILES string of the molecule is CC(C)[C@](N)(C(N)=O)C(=O)Oc1ccc(F)cc1. The molecule has 1 amide bonds. The van der Waals surface area contributed by atoms with Crippen molar-refractivity contribution >= 4 is 11.9 Å². The fourth-order valence-corrected chi connectivity index (χ4v) is 1.31. The molecular formula is C12H15FN2O3.